The fourth-order valence-corrected chi connectivity index (χ4v) is 3.11. The Morgan fingerprint density at radius 3 is 2.82 bits per heavy atom. The Labute approximate surface area is 104 Å². The van der Waals surface area contributed by atoms with E-state index in [2.05, 4.69) is 4.74 Å². The highest BCUT2D eigenvalue weighted by Crippen LogP contribution is 2.36. The zero-order valence-electron chi connectivity index (χ0n) is 10.0. The molecule has 0 unspecified atom stereocenters. The van der Waals surface area contributed by atoms with Gasteiger partial charge in [0.25, 0.3) is 0 Å². The maximum atomic E-state index is 11.3. The van der Waals surface area contributed by atoms with Crippen LogP contribution in [0.25, 0.3) is 10.1 Å². The number of aryl methyl sites for hydroxylation is 2. The van der Waals surface area contributed by atoms with Crippen LogP contribution >= 0.6 is 11.3 Å². The van der Waals surface area contributed by atoms with Gasteiger partial charge in [0.05, 0.1) is 13.5 Å². The summed E-state index contributed by atoms with van der Waals surface area (Å²) in [7, 11) is 1.39. The summed E-state index contributed by atoms with van der Waals surface area (Å²) in [6, 6.07) is 1.74. The van der Waals surface area contributed by atoms with E-state index in [9.17, 15) is 9.90 Å². The van der Waals surface area contributed by atoms with Crippen LogP contribution in [-0.4, -0.2) is 18.2 Å². The fraction of sp³-hybridized carbons (Fsp3) is 0.308. The molecule has 1 aromatic carbocycles. The SMILES string of the molecule is COC(=O)Cc1csc2c(C)c(O)cc(C)c12. The summed E-state index contributed by atoms with van der Waals surface area (Å²) in [6.45, 7) is 3.82. The van der Waals surface area contributed by atoms with Crippen molar-refractivity contribution in [3.05, 3.63) is 28.1 Å². The number of aromatic hydroxyl groups is 1. The van der Waals surface area contributed by atoms with E-state index in [4.69, 9.17) is 0 Å². The van der Waals surface area contributed by atoms with Gasteiger partial charge in [0, 0.05) is 10.3 Å². The van der Waals surface area contributed by atoms with Gasteiger partial charge < -0.3 is 9.84 Å². The number of fused-ring (bicyclic) bond motifs is 1. The number of thiophene rings is 1. The molecule has 1 heterocycles. The molecule has 0 amide bonds. The molecule has 0 saturated heterocycles. The fourth-order valence-electron chi connectivity index (χ4n) is 1.96. The van der Waals surface area contributed by atoms with Crippen molar-refractivity contribution >= 4 is 27.4 Å². The van der Waals surface area contributed by atoms with E-state index in [0.717, 1.165) is 26.8 Å². The van der Waals surface area contributed by atoms with Crippen molar-refractivity contribution < 1.29 is 14.6 Å². The van der Waals surface area contributed by atoms with Crippen molar-refractivity contribution in [2.24, 2.45) is 0 Å². The van der Waals surface area contributed by atoms with Crippen LogP contribution in [0.5, 0.6) is 5.75 Å². The molecule has 1 N–H and O–H groups in total. The number of ether oxygens (including phenoxy) is 1. The minimum atomic E-state index is -0.241. The number of hydrogen-bond donors (Lipinski definition) is 1. The van der Waals surface area contributed by atoms with Gasteiger partial charge >= 0.3 is 5.97 Å². The molecule has 1 aromatic heterocycles. The van der Waals surface area contributed by atoms with Crippen LogP contribution in [0.1, 0.15) is 16.7 Å². The second-order valence-corrected chi connectivity index (χ2v) is 4.94. The van der Waals surface area contributed by atoms with Crippen molar-refractivity contribution in [1.29, 1.82) is 0 Å². The van der Waals surface area contributed by atoms with Crippen molar-refractivity contribution in [3.8, 4) is 5.75 Å². The van der Waals surface area contributed by atoms with Crippen molar-refractivity contribution in [2.75, 3.05) is 7.11 Å². The molecule has 0 aliphatic carbocycles. The van der Waals surface area contributed by atoms with E-state index < -0.39 is 0 Å². The quantitative estimate of drug-likeness (QED) is 0.833. The van der Waals surface area contributed by atoms with Crippen LogP contribution in [0.3, 0.4) is 0 Å². The molecular formula is C13H14O3S. The topological polar surface area (TPSA) is 46.5 Å². The van der Waals surface area contributed by atoms with E-state index >= 15 is 0 Å². The number of methoxy groups -OCH3 is 1. The number of hydrogen-bond acceptors (Lipinski definition) is 4. The van der Waals surface area contributed by atoms with E-state index in [1.165, 1.54) is 7.11 Å². The summed E-state index contributed by atoms with van der Waals surface area (Å²) < 4.78 is 5.73. The second-order valence-electron chi connectivity index (χ2n) is 4.06. The molecule has 4 heteroatoms. The van der Waals surface area contributed by atoms with Crippen LogP contribution in [0.4, 0.5) is 0 Å². The Hall–Kier alpha value is -1.55. The average Bonchev–Trinajstić information content (AvgIpc) is 2.70. The summed E-state index contributed by atoms with van der Waals surface area (Å²) in [4.78, 5) is 11.3. The summed E-state index contributed by atoms with van der Waals surface area (Å²) in [5.41, 5.74) is 2.83. The van der Waals surface area contributed by atoms with Gasteiger partial charge in [0.15, 0.2) is 0 Å². The molecule has 17 heavy (non-hydrogen) atoms. The van der Waals surface area contributed by atoms with Gasteiger partial charge in [-0.3, -0.25) is 4.79 Å². The minimum Gasteiger partial charge on any atom is -0.508 e. The molecule has 0 saturated carbocycles. The zero-order valence-corrected chi connectivity index (χ0v) is 10.9. The van der Waals surface area contributed by atoms with Gasteiger partial charge in [-0.05, 0) is 41.8 Å². The van der Waals surface area contributed by atoms with E-state index in [1.807, 2.05) is 19.2 Å². The van der Waals surface area contributed by atoms with Crippen molar-refractivity contribution in [3.63, 3.8) is 0 Å². The van der Waals surface area contributed by atoms with E-state index in [-0.39, 0.29) is 12.4 Å². The molecule has 3 nitrogen and oxygen atoms in total. The average molecular weight is 250 g/mol. The number of phenolic OH excluding ortho intramolecular Hbond substituents is 1. The predicted molar refractivity (Wildman–Crippen MR) is 68.7 cm³/mol. The second kappa shape index (κ2) is 4.37. The number of carbonyl (C=O) groups excluding carboxylic acids is 1. The Balaban J connectivity index is 2.60. The lowest BCUT2D eigenvalue weighted by atomic mass is 10.0. The van der Waals surface area contributed by atoms with Crippen LogP contribution in [0.2, 0.25) is 0 Å². The lowest BCUT2D eigenvalue weighted by Crippen LogP contribution is -2.04. The normalized spacial score (nSPS) is 10.8. The monoisotopic (exact) mass is 250 g/mol. The van der Waals surface area contributed by atoms with Gasteiger partial charge in [-0.15, -0.1) is 11.3 Å². The van der Waals surface area contributed by atoms with Gasteiger partial charge in [-0.25, -0.2) is 0 Å². The first-order valence-corrected chi connectivity index (χ1v) is 6.18. The highest BCUT2D eigenvalue weighted by molar-refractivity contribution is 7.17. The standard InChI is InChI=1S/C13H14O3S/c1-7-4-10(14)8(2)13-12(7)9(6-17-13)5-11(15)16-3/h4,6,14H,5H2,1-3H3. The van der Waals surface area contributed by atoms with Crippen LogP contribution in [-0.2, 0) is 16.0 Å². The predicted octanol–water partition coefficient (Wildman–Crippen LogP) is 2.94. The summed E-state index contributed by atoms with van der Waals surface area (Å²) in [5.74, 6) is 0.0660. The van der Waals surface area contributed by atoms with Crippen molar-refractivity contribution in [2.45, 2.75) is 20.3 Å². The number of carbonyl (C=O) groups is 1. The summed E-state index contributed by atoms with van der Waals surface area (Å²) >= 11 is 1.55. The summed E-state index contributed by atoms with van der Waals surface area (Å²) in [6.07, 6.45) is 0.279. The molecule has 0 spiro atoms. The molecule has 0 atom stereocenters. The lowest BCUT2D eigenvalue weighted by molar-refractivity contribution is -0.139. The third-order valence-corrected chi connectivity index (χ3v) is 4.05. The molecule has 0 aliphatic rings. The van der Waals surface area contributed by atoms with Crippen LogP contribution < -0.4 is 0 Å². The molecule has 90 valence electrons. The Bertz CT molecular complexity index is 584. The van der Waals surface area contributed by atoms with Crippen LogP contribution in [0, 0.1) is 13.8 Å². The number of esters is 1. The number of phenols is 1. The molecule has 0 fully saturated rings. The van der Waals surface area contributed by atoms with E-state index in [0.29, 0.717) is 5.75 Å². The van der Waals surface area contributed by atoms with Crippen LogP contribution in [0.15, 0.2) is 11.4 Å². The van der Waals surface area contributed by atoms with Gasteiger partial charge in [-0.2, -0.15) is 0 Å². The minimum absolute atomic E-state index is 0.241. The largest absolute Gasteiger partial charge is 0.508 e. The molecule has 0 radical (unpaired) electrons. The highest BCUT2D eigenvalue weighted by Gasteiger charge is 2.14. The Morgan fingerprint density at radius 1 is 1.47 bits per heavy atom. The zero-order chi connectivity index (χ0) is 12.6. The highest BCUT2D eigenvalue weighted by atomic mass is 32.1. The smallest absolute Gasteiger partial charge is 0.310 e. The first-order chi connectivity index (χ1) is 8.04. The molecule has 2 rings (SSSR count). The van der Waals surface area contributed by atoms with E-state index in [1.54, 1.807) is 17.4 Å². The van der Waals surface area contributed by atoms with Gasteiger partial charge in [0.2, 0.25) is 0 Å². The Morgan fingerprint density at radius 2 is 2.18 bits per heavy atom. The molecule has 2 aromatic rings. The molecule has 0 aliphatic heterocycles. The first-order valence-electron chi connectivity index (χ1n) is 5.30. The van der Waals surface area contributed by atoms with Gasteiger partial charge in [-0.1, -0.05) is 0 Å². The lowest BCUT2D eigenvalue weighted by Gasteiger charge is -2.05. The third-order valence-electron chi connectivity index (χ3n) is 2.90. The first kappa shape index (κ1) is 11.9. The molecular weight excluding hydrogens is 236 g/mol. The van der Waals surface area contributed by atoms with Gasteiger partial charge in [0.1, 0.15) is 5.75 Å². The third kappa shape index (κ3) is 2.00. The van der Waals surface area contributed by atoms with Crippen molar-refractivity contribution in [1.82, 2.24) is 0 Å². The molecule has 0 bridgehead atoms. The Kier molecular flexibility index (Phi) is 3.07. The maximum Gasteiger partial charge on any atom is 0.310 e. The number of rotatable bonds is 2. The summed E-state index contributed by atoms with van der Waals surface area (Å²) in [5, 5.41) is 12.8. The number of benzene rings is 1. The maximum absolute atomic E-state index is 11.3.